The average molecular weight is 227 g/mol. The van der Waals surface area contributed by atoms with Crippen molar-refractivity contribution in [3.05, 3.63) is 0 Å². The van der Waals surface area contributed by atoms with Gasteiger partial charge in [-0.05, 0) is 31.7 Å². The second-order valence-electron chi connectivity index (χ2n) is 4.68. The first kappa shape index (κ1) is 13.3. The third-order valence-corrected chi connectivity index (χ3v) is 2.95. The summed E-state index contributed by atoms with van der Waals surface area (Å²) in [7, 11) is 0. The highest BCUT2D eigenvalue weighted by atomic mass is 16.2. The molecule has 0 saturated carbocycles. The lowest BCUT2D eigenvalue weighted by Crippen LogP contribution is -2.46. The van der Waals surface area contributed by atoms with Crippen molar-refractivity contribution >= 4 is 6.03 Å². The van der Waals surface area contributed by atoms with Crippen molar-refractivity contribution in [3.63, 3.8) is 0 Å². The summed E-state index contributed by atoms with van der Waals surface area (Å²) in [6.45, 7) is 8.79. The Balaban J connectivity index is 2.09. The van der Waals surface area contributed by atoms with Gasteiger partial charge in [-0.2, -0.15) is 0 Å². The second kappa shape index (κ2) is 7.49. The maximum absolute atomic E-state index is 11.8. The van der Waals surface area contributed by atoms with Crippen LogP contribution in [-0.2, 0) is 0 Å². The number of nitrogens with one attached hydrogen (secondary N) is 2. The Bertz CT molecular complexity index is 208. The van der Waals surface area contributed by atoms with Crippen molar-refractivity contribution in [2.24, 2.45) is 5.92 Å². The molecule has 0 aliphatic carbocycles. The van der Waals surface area contributed by atoms with Crippen LogP contribution >= 0.6 is 0 Å². The van der Waals surface area contributed by atoms with Crippen molar-refractivity contribution < 1.29 is 4.79 Å². The van der Waals surface area contributed by atoms with Gasteiger partial charge in [0.25, 0.3) is 0 Å². The minimum Gasteiger partial charge on any atom is -0.337 e. The van der Waals surface area contributed by atoms with Crippen molar-refractivity contribution in [1.82, 2.24) is 15.5 Å². The minimum atomic E-state index is 0.102. The quantitative estimate of drug-likeness (QED) is 0.698. The molecule has 0 aromatic heterocycles. The van der Waals surface area contributed by atoms with E-state index in [0.717, 1.165) is 45.6 Å². The molecule has 1 heterocycles. The molecule has 94 valence electrons. The lowest BCUT2D eigenvalue weighted by atomic mass is 10.0. The zero-order chi connectivity index (χ0) is 11.8. The van der Waals surface area contributed by atoms with E-state index in [1.165, 1.54) is 6.42 Å². The summed E-state index contributed by atoms with van der Waals surface area (Å²) in [6.07, 6.45) is 3.53. The number of likely N-dealkylation sites (tertiary alicyclic amines) is 1. The fraction of sp³-hybridized carbons (Fsp3) is 0.917. The van der Waals surface area contributed by atoms with Crippen LogP contribution in [0.5, 0.6) is 0 Å². The standard InChI is InChI=1S/C12H25N3O/c1-3-6-13-7-8-14-12(16)15-9-4-5-11(2)10-15/h11,13H,3-10H2,1-2H3,(H,14,16). The first-order valence-electron chi connectivity index (χ1n) is 6.47. The summed E-state index contributed by atoms with van der Waals surface area (Å²) >= 11 is 0. The fourth-order valence-corrected chi connectivity index (χ4v) is 2.05. The number of hydrogen-bond acceptors (Lipinski definition) is 2. The van der Waals surface area contributed by atoms with Gasteiger partial charge >= 0.3 is 6.03 Å². The summed E-state index contributed by atoms with van der Waals surface area (Å²) in [5.74, 6) is 0.651. The average Bonchev–Trinajstić information content (AvgIpc) is 2.28. The Kier molecular flexibility index (Phi) is 6.23. The largest absolute Gasteiger partial charge is 0.337 e. The van der Waals surface area contributed by atoms with E-state index >= 15 is 0 Å². The Morgan fingerprint density at radius 1 is 1.38 bits per heavy atom. The number of urea groups is 1. The number of nitrogens with zero attached hydrogens (tertiary/aromatic N) is 1. The van der Waals surface area contributed by atoms with E-state index in [2.05, 4.69) is 24.5 Å². The minimum absolute atomic E-state index is 0.102. The maximum atomic E-state index is 11.8. The predicted octanol–water partition coefficient (Wildman–Crippen LogP) is 1.43. The summed E-state index contributed by atoms with van der Waals surface area (Å²) < 4.78 is 0. The molecule has 4 heteroatoms. The topological polar surface area (TPSA) is 44.4 Å². The van der Waals surface area contributed by atoms with Gasteiger partial charge in [-0.15, -0.1) is 0 Å². The molecule has 0 radical (unpaired) electrons. The molecule has 1 aliphatic rings. The van der Waals surface area contributed by atoms with Gasteiger partial charge in [0.15, 0.2) is 0 Å². The highest BCUT2D eigenvalue weighted by Crippen LogP contribution is 2.14. The van der Waals surface area contributed by atoms with Crippen LogP contribution in [-0.4, -0.2) is 43.7 Å². The van der Waals surface area contributed by atoms with Gasteiger partial charge in [0.1, 0.15) is 0 Å². The van der Waals surface area contributed by atoms with Crippen LogP contribution in [0.1, 0.15) is 33.1 Å². The normalized spacial score (nSPS) is 20.9. The van der Waals surface area contributed by atoms with Crippen LogP contribution in [0.2, 0.25) is 0 Å². The lowest BCUT2D eigenvalue weighted by Gasteiger charge is -2.30. The summed E-state index contributed by atoms with van der Waals surface area (Å²) in [5.41, 5.74) is 0. The van der Waals surface area contributed by atoms with E-state index in [-0.39, 0.29) is 6.03 Å². The van der Waals surface area contributed by atoms with E-state index in [0.29, 0.717) is 5.92 Å². The van der Waals surface area contributed by atoms with Gasteiger partial charge < -0.3 is 15.5 Å². The molecule has 0 bridgehead atoms. The first-order valence-corrected chi connectivity index (χ1v) is 6.47. The molecule has 2 N–H and O–H groups in total. The lowest BCUT2D eigenvalue weighted by molar-refractivity contribution is 0.170. The number of carbonyl (C=O) groups is 1. The number of carbonyl (C=O) groups excluding carboxylic acids is 1. The van der Waals surface area contributed by atoms with Crippen LogP contribution in [0.3, 0.4) is 0 Å². The summed E-state index contributed by atoms with van der Waals surface area (Å²) in [4.78, 5) is 13.7. The Labute approximate surface area is 98.8 Å². The van der Waals surface area contributed by atoms with E-state index in [1.807, 2.05) is 4.90 Å². The molecule has 1 aliphatic heterocycles. The molecule has 4 nitrogen and oxygen atoms in total. The number of piperidine rings is 1. The molecule has 0 aromatic carbocycles. The van der Waals surface area contributed by atoms with Gasteiger partial charge in [0, 0.05) is 26.2 Å². The highest BCUT2D eigenvalue weighted by Gasteiger charge is 2.20. The second-order valence-corrected chi connectivity index (χ2v) is 4.68. The number of rotatable bonds is 5. The van der Waals surface area contributed by atoms with Gasteiger partial charge in [-0.25, -0.2) is 4.79 Å². The van der Waals surface area contributed by atoms with Gasteiger partial charge in [0.05, 0.1) is 0 Å². The SMILES string of the molecule is CCCNCCNC(=O)N1CCCC(C)C1. The molecule has 0 spiro atoms. The smallest absolute Gasteiger partial charge is 0.317 e. The van der Waals surface area contributed by atoms with Crippen LogP contribution in [0.25, 0.3) is 0 Å². The zero-order valence-corrected chi connectivity index (χ0v) is 10.6. The fourth-order valence-electron chi connectivity index (χ4n) is 2.05. The van der Waals surface area contributed by atoms with Crippen molar-refractivity contribution in [2.75, 3.05) is 32.7 Å². The van der Waals surface area contributed by atoms with Crippen LogP contribution in [0.4, 0.5) is 4.79 Å². The third kappa shape index (κ3) is 4.84. The van der Waals surface area contributed by atoms with Crippen LogP contribution in [0, 0.1) is 5.92 Å². The molecule has 1 atom stereocenters. The molecule has 16 heavy (non-hydrogen) atoms. The monoisotopic (exact) mass is 227 g/mol. The van der Waals surface area contributed by atoms with Crippen molar-refractivity contribution in [3.8, 4) is 0 Å². The Morgan fingerprint density at radius 2 is 2.19 bits per heavy atom. The first-order chi connectivity index (χ1) is 7.74. The number of hydrogen-bond donors (Lipinski definition) is 2. The molecule has 1 unspecified atom stereocenters. The maximum Gasteiger partial charge on any atom is 0.317 e. The van der Waals surface area contributed by atoms with Gasteiger partial charge in [-0.3, -0.25) is 0 Å². The highest BCUT2D eigenvalue weighted by molar-refractivity contribution is 5.74. The summed E-state index contributed by atoms with van der Waals surface area (Å²) in [5, 5.41) is 6.23. The van der Waals surface area contributed by atoms with Gasteiger partial charge in [0.2, 0.25) is 0 Å². The van der Waals surface area contributed by atoms with Crippen molar-refractivity contribution in [2.45, 2.75) is 33.1 Å². The van der Waals surface area contributed by atoms with Gasteiger partial charge in [-0.1, -0.05) is 13.8 Å². The third-order valence-electron chi connectivity index (χ3n) is 2.95. The molecule has 2 amide bonds. The molecule has 1 fully saturated rings. The van der Waals surface area contributed by atoms with E-state index in [1.54, 1.807) is 0 Å². The van der Waals surface area contributed by atoms with E-state index in [4.69, 9.17) is 0 Å². The molecular weight excluding hydrogens is 202 g/mol. The molecule has 0 aromatic rings. The molecular formula is C12H25N3O. The van der Waals surface area contributed by atoms with E-state index < -0.39 is 0 Å². The van der Waals surface area contributed by atoms with E-state index in [9.17, 15) is 4.79 Å². The van der Waals surface area contributed by atoms with Crippen LogP contribution in [0.15, 0.2) is 0 Å². The molecule has 1 saturated heterocycles. The van der Waals surface area contributed by atoms with Crippen LogP contribution < -0.4 is 10.6 Å². The Morgan fingerprint density at radius 3 is 2.88 bits per heavy atom. The predicted molar refractivity (Wildman–Crippen MR) is 66.5 cm³/mol. The Hall–Kier alpha value is -0.770. The summed E-state index contributed by atoms with van der Waals surface area (Å²) in [6, 6.07) is 0.102. The number of amides is 2. The molecule has 1 rings (SSSR count). The zero-order valence-electron chi connectivity index (χ0n) is 10.6. The van der Waals surface area contributed by atoms with Crippen molar-refractivity contribution in [1.29, 1.82) is 0 Å².